The minimum atomic E-state index is -0.112. The highest BCUT2D eigenvalue weighted by molar-refractivity contribution is 5.77. The van der Waals surface area contributed by atoms with E-state index in [1.165, 1.54) is 6.42 Å². The Balaban J connectivity index is 1.42. The number of aryl methyl sites for hydroxylation is 1. The number of ether oxygens (including phenoxy) is 2. The van der Waals surface area contributed by atoms with Crippen LogP contribution in [0.4, 0.5) is 0 Å². The van der Waals surface area contributed by atoms with Crippen LogP contribution in [0.25, 0.3) is 0 Å². The second kappa shape index (κ2) is 8.58. The van der Waals surface area contributed by atoms with Crippen molar-refractivity contribution < 1.29 is 14.3 Å². The number of H-pyrrole nitrogens is 1. The first-order valence-electron chi connectivity index (χ1n) is 9.17. The van der Waals surface area contributed by atoms with Gasteiger partial charge in [0.15, 0.2) is 0 Å². The van der Waals surface area contributed by atoms with Crippen molar-refractivity contribution in [2.45, 2.75) is 51.0 Å². The fraction of sp³-hybridized carbons (Fsp3) is 0.722. The summed E-state index contributed by atoms with van der Waals surface area (Å²) in [7, 11) is 0. The normalized spacial score (nSPS) is 22.1. The van der Waals surface area contributed by atoms with E-state index in [0.717, 1.165) is 38.0 Å². The Labute approximate surface area is 147 Å². The number of aromatic amines is 1. The highest BCUT2D eigenvalue weighted by Crippen LogP contribution is 2.26. The van der Waals surface area contributed by atoms with Gasteiger partial charge in [0.25, 0.3) is 5.56 Å². The van der Waals surface area contributed by atoms with Crippen LogP contribution >= 0.6 is 0 Å². The third-order valence-electron chi connectivity index (χ3n) is 4.95. The molecular formula is C18H27N3O4. The smallest absolute Gasteiger partial charge is 0.251 e. The summed E-state index contributed by atoms with van der Waals surface area (Å²) in [6, 6.07) is 1.57. The third kappa shape index (κ3) is 5.12. The molecule has 7 heteroatoms. The number of aromatic nitrogens is 2. The first-order valence-corrected chi connectivity index (χ1v) is 9.17. The molecule has 0 spiro atoms. The predicted octanol–water partition coefficient (Wildman–Crippen LogP) is 1.37. The second-order valence-electron chi connectivity index (χ2n) is 6.91. The summed E-state index contributed by atoms with van der Waals surface area (Å²) in [5.74, 6) is 0.908. The summed E-state index contributed by atoms with van der Waals surface area (Å²) in [6.07, 6.45) is 5.10. The van der Waals surface area contributed by atoms with Crippen molar-refractivity contribution in [3.05, 3.63) is 27.9 Å². The van der Waals surface area contributed by atoms with Gasteiger partial charge in [0.1, 0.15) is 12.4 Å². The average molecular weight is 349 g/mol. The van der Waals surface area contributed by atoms with Gasteiger partial charge in [-0.1, -0.05) is 0 Å². The lowest BCUT2D eigenvalue weighted by Gasteiger charge is -2.32. The topological polar surface area (TPSA) is 84.5 Å². The summed E-state index contributed by atoms with van der Waals surface area (Å²) in [6.45, 7) is 4.56. The number of nitrogens with zero attached hydrogens (tertiary/aromatic N) is 2. The largest absolute Gasteiger partial charge is 0.376 e. The maximum absolute atomic E-state index is 12.3. The van der Waals surface area contributed by atoms with Gasteiger partial charge in [-0.25, -0.2) is 4.98 Å². The number of carbonyl (C=O) groups excluding carboxylic acids is 1. The summed E-state index contributed by atoms with van der Waals surface area (Å²) >= 11 is 0. The summed E-state index contributed by atoms with van der Waals surface area (Å²) in [4.78, 5) is 32.8. The Bertz CT molecular complexity index is 631. The molecule has 1 aromatic rings. The molecule has 0 saturated carbocycles. The maximum Gasteiger partial charge on any atom is 0.251 e. The molecule has 0 unspecified atom stereocenters. The molecule has 3 heterocycles. The Morgan fingerprint density at radius 3 is 2.84 bits per heavy atom. The summed E-state index contributed by atoms with van der Waals surface area (Å²) < 4.78 is 11.2. The highest BCUT2D eigenvalue weighted by atomic mass is 16.5. The van der Waals surface area contributed by atoms with Gasteiger partial charge in [-0.05, 0) is 39.0 Å². The molecular weight excluding hydrogens is 322 g/mol. The lowest BCUT2D eigenvalue weighted by molar-refractivity contribution is -0.139. The number of hydrogen-bond donors (Lipinski definition) is 1. The second-order valence-corrected chi connectivity index (χ2v) is 6.91. The van der Waals surface area contributed by atoms with Crippen LogP contribution in [0.3, 0.4) is 0 Å². The lowest BCUT2D eigenvalue weighted by Crippen LogP contribution is -2.40. The van der Waals surface area contributed by atoms with Crippen molar-refractivity contribution in [3.63, 3.8) is 0 Å². The zero-order valence-corrected chi connectivity index (χ0v) is 14.8. The quantitative estimate of drug-likeness (QED) is 0.868. The van der Waals surface area contributed by atoms with Crippen LogP contribution in [-0.4, -0.2) is 59.8 Å². The molecule has 1 atom stereocenters. The van der Waals surface area contributed by atoms with E-state index in [1.807, 2.05) is 4.90 Å². The monoisotopic (exact) mass is 349 g/mol. The molecule has 1 amide bonds. The van der Waals surface area contributed by atoms with Crippen LogP contribution in [0.1, 0.15) is 49.5 Å². The number of piperidine rings is 1. The van der Waals surface area contributed by atoms with E-state index in [0.29, 0.717) is 25.5 Å². The van der Waals surface area contributed by atoms with Gasteiger partial charge >= 0.3 is 0 Å². The number of hydrogen-bond acceptors (Lipinski definition) is 5. The van der Waals surface area contributed by atoms with Gasteiger partial charge in [-0.2, -0.15) is 0 Å². The first kappa shape index (κ1) is 18.1. The Morgan fingerprint density at radius 1 is 1.36 bits per heavy atom. The van der Waals surface area contributed by atoms with Gasteiger partial charge in [0, 0.05) is 31.7 Å². The van der Waals surface area contributed by atoms with Crippen molar-refractivity contribution in [1.82, 2.24) is 14.9 Å². The van der Waals surface area contributed by atoms with Crippen LogP contribution < -0.4 is 5.56 Å². The zero-order chi connectivity index (χ0) is 17.6. The molecule has 1 aromatic heterocycles. The van der Waals surface area contributed by atoms with E-state index in [4.69, 9.17) is 9.47 Å². The molecule has 2 aliphatic rings. The van der Waals surface area contributed by atoms with Crippen molar-refractivity contribution in [3.8, 4) is 0 Å². The molecule has 0 radical (unpaired) electrons. The van der Waals surface area contributed by atoms with Crippen LogP contribution in [0.5, 0.6) is 0 Å². The van der Waals surface area contributed by atoms with Crippen LogP contribution in [0, 0.1) is 6.92 Å². The first-order chi connectivity index (χ1) is 12.1. The van der Waals surface area contributed by atoms with Gasteiger partial charge in [0.05, 0.1) is 18.4 Å². The fourth-order valence-electron chi connectivity index (χ4n) is 3.54. The van der Waals surface area contributed by atoms with Crippen LogP contribution in [0.15, 0.2) is 10.9 Å². The maximum atomic E-state index is 12.3. The van der Waals surface area contributed by atoms with E-state index in [2.05, 4.69) is 9.97 Å². The molecule has 2 aliphatic heterocycles. The van der Waals surface area contributed by atoms with Gasteiger partial charge in [-0.3, -0.25) is 9.59 Å². The van der Waals surface area contributed by atoms with Crippen molar-refractivity contribution in [2.24, 2.45) is 0 Å². The minimum Gasteiger partial charge on any atom is -0.376 e. The number of likely N-dealkylation sites (tertiary alicyclic amines) is 1. The molecule has 0 aliphatic carbocycles. The molecule has 3 rings (SSSR count). The highest BCUT2D eigenvalue weighted by Gasteiger charge is 2.25. The number of rotatable bonds is 5. The molecule has 7 nitrogen and oxygen atoms in total. The van der Waals surface area contributed by atoms with Crippen molar-refractivity contribution in [1.29, 1.82) is 0 Å². The van der Waals surface area contributed by atoms with Gasteiger partial charge < -0.3 is 19.4 Å². The SMILES string of the molecule is Cc1nc(C2CCN(C(=O)COC[C@@H]3CCCCO3)CC2)cc(=O)[nH]1. The third-order valence-corrected chi connectivity index (χ3v) is 4.95. The van der Waals surface area contributed by atoms with Gasteiger partial charge in [-0.15, -0.1) is 0 Å². The Kier molecular flexibility index (Phi) is 6.20. The Hall–Kier alpha value is -1.73. The van der Waals surface area contributed by atoms with Crippen LogP contribution in [-0.2, 0) is 14.3 Å². The average Bonchev–Trinajstić information content (AvgIpc) is 2.62. The van der Waals surface area contributed by atoms with E-state index in [9.17, 15) is 9.59 Å². The summed E-state index contributed by atoms with van der Waals surface area (Å²) in [5.41, 5.74) is 0.721. The number of carbonyl (C=O) groups is 1. The molecule has 25 heavy (non-hydrogen) atoms. The molecule has 0 aromatic carbocycles. The molecule has 2 saturated heterocycles. The molecule has 0 bridgehead atoms. The van der Waals surface area contributed by atoms with E-state index < -0.39 is 0 Å². The number of amides is 1. The van der Waals surface area contributed by atoms with Gasteiger partial charge in [0.2, 0.25) is 5.91 Å². The summed E-state index contributed by atoms with van der Waals surface area (Å²) in [5, 5.41) is 0. The zero-order valence-electron chi connectivity index (χ0n) is 14.8. The van der Waals surface area contributed by atoms with Crippen LogP contribution in [0.2, 0.25) is 0 Å². The lowest BCUT2D eigenvalue weighted by atomic mass is 9.93. The molecule has 138 valence electrons. The van der Waals surface area contributed by atoms with E-state index in [-0.39, 0.29) is 30.1 Å². The Morgan fingerprint density at radius 2 is 2.16 bits per heavy atom. The fourth-order valence-corrected chi connectivity index (χ4v) is 3.54. The predicted molar refractivity (Wildman–Crippen MR) is 92.6 cm³/mol. The van der Waals surface area contributed by atoms with Crippen molar-refractivity contribution in [2.75, 3.05) is 32.9 Å². The van der Waals surface area contributed by atoms with E-state index >= 15 is 0 Å². The van der Waals surface area contributed by atoms with Crippen molar-refractivity contribution >= 4 is 5.91 Å². The molecule has 2 fully saturated rings. The number of nitrogens with one attached hydrogen (secondary N) is 1. The molecule has 1 N–H and O–H groups in total. The van der Waals surface area contributed by atoms with E-state index in [1.54, 1.807) is 13.0 Å². The minimum absolute atomic E-state index is 0.0318. The standard InChI is InChI=1S/C18H27N3O4/c1-13-19-16(10-17(22)20-13)14-5-7-21(8-6-14)18(23)12-24-11-15-4-2-3-9-25-15/h10,14-15H,2-9,11-12H2,1H3,(H,19,20,22)/t15-/m0/s1.